The van der Waals surface area contributed by atoms with Crippen molar-refractivity contribution in [1.82, 2.24) is 5.32 Å². The number of nitrogens with one attached hydrogen (secondary N) is 1. The summed E-state index contributed by atoms with van der Waals surface area (Å²) in [7, 11) is 0. The molecule has 3 atom stereocenters. The Morgan fingerprint density at radius 2 is 1.62 bits per heavy atom. The maximum Gasteiger partial charge on any atom is 0.0141 e. The van der Waals surface area contributed by atoms with Crippen LogP contribution in [0.1, 0.15) is 57.1 Å². The Labute approximate surface area is 130 Å². The van der Waals surface area contributed by atoms with Crippen molar-refractivity contribution in [2.45, 2.75) is 64.8 Å². The monoisotopic (exact) mass is 285 g/mol. The van der Waals surface area contributed by atoms with E-state index in [0.29, 0.717) is 6.04 Å². The Balaban J connectivity index is 1.64. The first kappa shape index (κ1) is 15.1. The maximum absolute atomic E-state index is 3.86. The van der Waals surface area contributed by atoms with Crippen LogP contribution in [-0.4, -0.2) is 12.6 Å². The maximum atomic E-state index is 3.86. The van der Waals surface area contributed by atoms with E-state index in [1.165, 1.54) is 56.2 Å². The molecule has 116 valence electrons. The minimum atomic E-state index is 0.713. The molecule has 0 amide bonds. The molecule has 0 saturated heterocycles. The summed E-state index contributed by atoms with van der Waals surface area (Å²) in [5.41, 5.74) is 2.97. The standard InChI is InChI=1S/C20H31N/c1-3-13-21-19(20-17-7-5-6-8-18(17)20)14-16-11-9-15(4-2)10-12-16/h9-12,17-21H,3-8,13-14H2,1-2H3. The summed E-state index contributed by atoms with van der Waals surface area (Å²) in [5.74, 6) is 3.05. The molecule has 1 aromatic carbocycles. The third-order valence-electron chi connectivity index (χ3n) is 5.73. The fraction of sp³-hybridized carbons (Fsp3) is 0.700. The first-order chi connectivity index (χ1) is 10.3. The third-order valence-corrected chi connectivity index (χ3v) is 5.73. The molecule has 0 aromatic heterocycles. The molecule has 0 aliphatic heterocycles. The van der Waals surface area contributed by atoms with Crippen molar-refractivity contribution >= 4 is 0 Å². The largest absolute Gasteiger partial charge is 0.313 e. The highest BCUT2D eigenvalue weighted by Crippen LogP contribution is 2.57. The van der Waals surface area contributed by atoms with E-state index in [4.69, 9.17) is 0 Å². The second-order valence-corrected chi connectivity index (χ2v) is 7.12. The van der Waals surface area contributed by atoms with Crippen molar-refractivity contribution in [3.8, 4) is 0 Å². The van der Waals surface area contributed by atoms with E-state index in [2.05, 4.69) is 43.4 Å². The second-order valence-electron chi connectivity index (χ2n) is 7.12. The molecule has 1 N–H and O–H groups in total. The van der Waals surface area contributed by atoms with Crippen molar-refractivity contribution in [2.75, 3.05) is 6.54 Å². The molecule has 21 heavy (non-hydrogen) atoms. The predicted molar refractivity (Wildman–Crippen MR) is 90.5 cm³/mol. The van der Waals surface area contributed by atoms with Crippen molar-refractivity contribution in [3.63, 3.8) is 0 Å². The Morgan fingerprint density at radius 1 is 1.00 bits per heavy atom. The van der Waals surface area contributed by atoms with Crippen molar-refractivity contribution in [2.24, 2.45) is 17.8 Å². The molecule has 2 fully saturated rings. The molecule has 0 spiro atoms. The summed E-state index contributed by atoms with van der Waals surface area (Å²) in [5, 5.41) is 3.86. The van der Waals surface area contributed by atoms with Gasteiger partial charge in [0.2, 0.25) is 0 Å². The topological polar surface area (TPSA) is 12.0 Å². The summed E-state index contributed by atoms with van der Waals surface area (Å²) < 4.78 is 0. The first-order valence-corrected chi connectivity index (χ1v) is 9.14. The average Bonchev–Trinajstić information content (AvgIpc) is 3.26. The lowest BCUT2D eigenvalue weighted by atomic mass is 9.98. The fourth-order valence-electron chi connectivity index (χ4n) is 4.48. The molecular formula is C20H31N. The van der Waals surface area contributed by atoms with Crippen molar-refractivity contribution in [1.29, 1.82) is 0 Å². The highest BCUT2D eigenvalue weighted by Gasteiger charge is 2.53. The number of aryl methyl sites for hydroxylation is 1. The zero-order valence-corrected chi connectivity index (χ0v) is 13.8. The molecule has 1 aromatic rings. The molecule has 3 rings (SSSR count). The number of benzene rings is 1. The van der Waals surface area contributed by atoms with Crippen LogP contribution in [0.15, 0.2) is 24.3 Å². The van der Waals surface area contributed by atoms with Crippen molar-refractivity contribution in [3.05, 3.63) is 35.4 Å². The normalized spacial score (nSPS) is 29.0. The van der Waals surface area contributed by atoms with Crippen LogP contribution in [0.25, 0.3) is 0 Å². The van der Waals surface area contributed by atoms with Gasteiger partial charge in [-0.2, -0.15) is 0 Å². The van der Waals surface area contributed by atoms with Gasteiger partial charge < -0.3 is 5.32 Å². The SMILES string of the molecule is CCCNC(Cc1ccc(CC)cc1)C1C2CCCCC21. The summed E-state index contributed by atoms with van der Waals surface area (Å²) >= 11 is 0. The van der Waals surface area contributed by atoms with Gasteiger partial charge in [0.15, 0.2) is 0 Å². The van der Waals surface area contributed by atoms with Crippen LogP contribution in [0.3, 0.4) is 0 Å². The number of hydrogen-bond donors (Lipinski definition) is 1. The number of hydrogen-bond acceptors (Lipinski definition) is 1. The van der Waals surface area contributed by atoms with Gasteiger partial charge in [-0.05, 0) is 67.5 Å². The second kappa shape index (κ2) is 6.96. The van der Waals surface area contributed by atoms with Gasteiger partial charge in [0.1, 0.15) is 0 Å². The highest BCUT2D eigenvalue weighted by atomic mass is 14.9. The van der Waals surface area contributed by atoms with Gasteiger partial charge in [-0.1, -0.05) is 51.0 Å². The van der Waals surface area contributed by atoms with Crippen LogP contribution in [0.5, 0.6) is 0 Å². The van der Waals surface area contributed by atoms with Gasteiger partial charge in [-0.3, -0.25) is 0 Å². The van der Waals surface area contributed by atoms with Crippen molar-refractivity contribution < 1.29 is 0 Å². The quantitative estimate of drug-likeness (QED) is 0.772. The smallest absolute Gasteiger partial charge is 0.0141 e. The highest BCUT2D eigenvalue weighted by molar-refractivity contribution is 5.24. The van der Waals surface area contributed by atoms with E-state index < -0.39 is 0 Å². The predicted octanol–water partition coefficient (Wildman–Crippen LogP) is 4.60. The number of fused-ring (bicyclic) bond motifs is 1. The van der Waals surface area contributed by atoms with Gasteiger partial charge >= 0.3 is 0 Å². The van der Waals surface area contributed by atoms with E-state index in [1.807, 2.05) is 0 Å². The Kier molecular flexibility index (Phi) is 5.00. The molecule has 2 aliphatic rings. The van der Waals surface area contributed by atoms with E-state index >= 15 is 0 Å². The number of rotatable bonds is 7. The first-order valence-electron chi connectivity index (χ1n) is 9.14. The Morgan fingerprint density at radius 3 is 2.19 bits per heavy atom. The molecule has 0 heterocycles. The van der Waals surface area contributed by atoms with Crippen LogP contribution >= 0.6 is 0 Å². The lowest BCUT2D eigenvalue weighted by molar-refractivity contribution is 0.428. The molecule has 0 radical (unpaired) electrons. The third kappa shape index (κ3) is 3.51. The van der Waals surface area contributed by atoms with E-state index in [9.17, 15) is 0 Å². The lowest BCUT2D eigenvalue weighted by Gasteiger charge is -2.19. The zero-order chi connectivity index (χ0) is 14.7. The van der Waals surface area contributed by atoms with Crippen LogP contribution in [0.4, 0.5) is 0 Å². The van der Waals surface area contributed by atoms with Crippen LogP contribution in [-0.2, 0) is 12.8 Å². The van der Waals surface area contributed by atoms with Crippen LogP contribution < -0.4 is 5.32 Å². The fourth-order valence-corrected chi connectivity index (χ4v) is 4.48. The van der Waals surface area contributed by atoms with E-state index in [0.717, 1.165) is 24.2 Å². The van der Waals surface area contributed by atoms with Gasteiger partial charge in [0.05, 0.1) is 0 Å². The van der Waals surface area contributed by atoms with Crippen LogP contribution in [0.2, 0.25) is 0 Å². The van der Waals surface area contributed by atoms with E-state index in [-0.39, 0.29) is 0 Å². The van der Waals surface area contributed by atoms with Gasteiger partial charge in [-0.25, -0.2) is 0 Å². The average molecular weight is 285 g/mol. The van der Waals surface area contributed by atoms with Gasteiger partial charge in [0, 0.05) is 6.04 Å². The Hall–Kier alpha value is -0.820. The minimum Gasteiger partial charge on any atom is -0.313 e. The summed E-state index contributed by atoms with van der Waals surface area (Å²) in [6, 6.07) is 10.0. The molecule has 1 nitrogen and oxygen atoms in total. The summed E-state index contributed by atoms with van der Waals surface area (Å²) in [6.07, 6.45) is 9.55. The molecule has 3 unspecified atom stereocenters. The Bertz CT molecular complexity index is 424. The van der Waals surface area contributed by atoms with Gasteiger partial charge in [-0.15, -0.1) is 0 Å². The molecular weight excluding hydrogens is 254 g/mol. The van der Waals surface area contributed by atoms with Gasteiger partial charge in [0.25, 0.3) is 0 Å². The molecule has 0 bridgehead atoms. The minimum absolute atomic E-state index is 0.713. The molecule has 1 heteroatoms. The van der Waals surface area contributed by atoms with Crippen LogP contribution in [0, 0.1) is 17.8 Å². The summed E-state index contributed by atoms with van der Waals surface area (Å²) in [6.45, 7) is 5.68. The summed E-state index contributed by atoms with van der Waals surface area (Å²) in [4.78, 5) is 0. The lowest BCUT2D eigenvalue weighted by Crippen LogP contribution is -2.34. The molecule has 2 saturated carbocycles. The van der Waals surface area contributed by atoms with E-state index in [1.54, 1.807) is 0 Å². The molecule has 2 aliphatic carbocycles. The zero-order valence-electron chi connectivity index (χ0n) is 13.8.